The van der Waals surface area contributed by atoms with Gasteiger partial charge in [0.2, 0.25) is 0 Å². The second-order valence-corrected chi connectivity index (χ2v) is 12.6. The Bertz CT molecular complexity index is 2810. The highest BCUT2D eigenvalue weighted by molar-refractivity contribution is 6.28. The fourth-order valence-electron chi connectivity index (χ4n) is 7.24. The molecule has 0 N–H and O–H groups in total. The van der Waals surface area contributed by atoms with Crippen LogP contribution in [-0.2, 0) is 0 Å². The first-order valence-corrected chi connectivity index (χ1v) is 16.6. The number of nitrogens with zero attached hydrogens (tertiary/aromatic N) is 2. The van der Waals surface area contributed by atoms with Crippen molar-refractivity contribution < 1.29 is 4.42 Å². The summed E-state index contributed by atoms with van der Waals surface area (Å²) in [6, 6.07) is 59.6. The summed E-state index contributed by atoms with van der Waals surface area (Å²) in [4.78, 5) is 10.1. The van der Waals surface area contributed by atoms with Crippen molar-refractivity contribution in [2.75, 3.05) is 0 Å². The lowest BCUT2D eigenvalue weighted by Crippen LogP contribution is -1.96. The SMILES string of the molecule is c1ccc(-c2cc(-c3ccccc3)nc(-c3ccc4cc(-c5cc6ccccc6c6c5oc5ccc7ccccc7c56)ccc4c3)n2)cc1. The molecular formula is C46H28N2O. The summed E-state index contributed by atoms with van der Waals surface area (Å²) in [6.45, 7) is 0. The Morgan fingerprint density at radius 3 is 1.61 bits per heavy atom. The average molecular weight is 625 g/mol. The first kappa shape index (κ1) is 27.5. The van der Waals surface area contributed by atoms with Crippen molar-refractivity contribution in [3.05, 3.63) is 170 Å². The zero-order valence-corrected chi connectivity index (χ0v) is 26.5. The maximum Gasteiger partial charge on any atom is 0.160 e. The van der Waals surface area contributed by atoms with Crippen LogP contribution in [0.3, 0.4) is 0 Å². The lowest BCUT2D eigenvalue weighted by atomic mass is 9.93. The summed E-state index contributed by atoms with van der Waals surface area (Å²) in [6.07, 6.45) is 0. The highest BCUT2D eigenvalue weighted by atomic mass is 16.3. The van der Waals surface area contributed by atoms with Crippen LogP contribution in [0.25, 0.3) is 99.3 Å². The van der Waals surface area contributed by atoms with Crippen LogP contribution < -0.4 is 0 Å². The highest BCUT2D eigenvalue weighted by Gasteiger charge is 2.19. The second kappa shape index (κ2) is 11.0. The van der Waals surface area contributed by atoms with E-state index in [0.29, 0.717) is 5.82 Å². The Kier molecular flexibility index (Phi) is 6.18. The van der Waals surface area contributed by atoms with Crippen LogP contribution >= 0.6 is 0 Å². The van der Waals surface area contributed by atoms with Gasteiger partial charge in [0.25, 0.3) is 0 Å². The fraction of sp³-hybridized carbons (Fsp3) is 0. The average Bonchev–Trinajstić information content (AvgIpc) is 3.58. The van der Waals surface area contributed by atoms with Crippen LogP contribution in [0.2, 0.25) is 0 Å². The largest absolute Gasteiger partial charge is 0.455 e. The molecule has 0 spiro atoms. The predicted octanol–water partition coefficient (Wildman–Crippen LogP) is 12.5. The second-order valence-electron chi connectivity index (χ2n) is 12.6. The van der Waals surface area contributed by atoms with Crippen molar-refractivity contribution in [1.82, 2.24) is 9.97 Å². The van der Waals surface area contributed by atoms with E-state index < -0.39 is 0 Å². The minimum atomic E-state index is 0.705. The molecule has 49 heavy (non-hydrogen) atoms. The van der Waals surface area contributed by atoms with Gasteiger partial charge >= 0.3 is 0 Å². The van der Waals surface area contributed by atoms with Gasteiger partial charge in [-0.05, 0) is 68.2 Å². The molecule has 3 heteroatoms. The van der Waals surface area contributed by atoms with Crippen LogP contribution in [0.4, 0.5) is 0 Å². The number of hydrogen-bond donors (Lipinski definition) is 0. The Hall–Kier alpha value is -6.58. The normalized spacial score (nSPS) is 11.7. The lowest BCUT2D eigenvalue weighted by Gasteiger charge is -2.11. The molecule has 0 atom stereocenters. The van der Waals surface area contributed by atoms with Gasteiger partial charge in [-0.2, -0.15) is 0 Å². The van der Waals surface area contributed by atoms with Crippen molar-refractivity contribution in [1.29, 1.82) is 0 Å². The van der Waals surface area contributed by atoms with Gasteiger partial charge in [0.05, 0.1) is 11.4 Å². The third-order valence-electron chi connectivity index (χ3n) is 9.63. The van der Waals surface area contributed by atoms with E-state index in [1.54, 1.807) is 0 Å². The van der Waals surface area contributed by atoms with Crippen LogP contribution in [-0.4, -0.2) is 9.97 Å². The number of furan rings is 1. The third kappa shape index (κ3) is 4.59. The number of fused-ring (bicyclic) bond motifs is 8. The Balaban J connectivity index is 1.13. The van der Waals surface area contributed by atoms with Crippen LogP contribution in [0, 0.1) is 0 Å². The maximum absolute atomic E-state index is 6.72. The van der Waals surface area contributed by atoms with Gasteiger partial charge in [-0.25, -0.2) is 9.97 Å². The molecule has 0 radical (unpaired) electrons. The highest BCUT2D eigenvalue weighted by Crippen LogP contribution is 2.44. The van der Waals surface area contributed by atoms with Crippen LogP contribution in [0.1, 0.15) is 0 Å². The molecule has 0 aliphatic heterocycles. The Labute approximate surface area is 282 Å². The van der Waals surface area contributed by atoms with Crippen molar-refractivity contribution in [3.63, 3.8) is 0 Å². The first-order chi connectivity index (χ1) is 24.3. The fourth-order valence-corrected chi connectivity index (χ4v) is 7.24. The number of aromatic nitrogens is 2. The molecule has 0 aliphatic rings. The lowest BCUT2D eigenvalue weighted by molar-refractivity contribution is 0.670. The molecule has 2 aromatic heterocycles. The zero-order valence-electron chi connectivity index (χ0n) is 26.5. The third-order valence-corrected chi connectivity index (χ3v) is 9.63. The minimum Gasteiger partial charge on any atom is -0.455 e. The van der Waals surface area contributed by atoms with Gasteiger partial charge in [-0.3, -0.25) is 0 Å². The number of rotatable bonds is 4. The van der Waals surface area contributed by atoms with E-state index in [1.165, 1.54) is 32.3 Å². The molecule has 0 aliphatic carbocycles. The summed E-state index contributed by atoms with van der Waals surface area (Å²) >= 11 is 0. The molecule has 0 unspecified atom stereocenters. The van der Waals surface area contributed by atoms with Gasteiger partial charge in [-0.15, -0.1) is 0 Å². The monoisotopic (exact) mass is 624 g/mol. The van der Waals surface area contributed by atoms with Crippen molar-refractivity contribution in [2.45, 2.75) is 0 Å². The van der Waals surface area contributed by atoms with E-state index in [0.717, 1.165) is 61.1 Å². The van der Waals surface area contributed by atoms with Gasteiger partial charge in [0, 0.05) is 33.0 Å². The molecule has 3 nitrogen and oxygen atoms in total. The quantitative estimate of drug-likeness (QED) is 0.196. The van der Waals surface area contributed by atoms with Crippen molar-refractivity contribution in [2.24, 2.45) is 0 Å². The molecule has 2 heterocycles. The molecule has 10 rings (SSSR count). The maximum atomic E-state index is 6.72. The molecule has 228 valence electrons. The zero-order chi connectivity index (χ0) is 32.3. The van der Waals surface area contributed by atoms with E-state index in [1.807, 2.05) is 36.4 Å². The van der Waals surface area contributed by atoms with E-state index in [4.69, 9.17) is 14.4 Å². The summed E-state index contributed by atoms with van der Waals surface area (Å²) < 4.78 is 6.72. The first-order valence-electron chi connectivity index (χ1n) is 16.6. The molecule has 0 bridgehead atoms. The molecule has 0 fully saturated rings. The minimum absolute atomic E-state index is 0.705. The molecule has 10 aromatic rings. The number of hydrogen-bond acceptors (Lipinski definition) is 3. The molecule has 0 saturated carbocycles. The van der Waals surface area contributed by atoms with Gasteiger partial charge in [0.15, 0.2) is 5.82 Å². The van der Waals surface area contributed by atoms with E-state index >= 15 is 0 Å². The van der Waals surface area contributed by atoms with Crippen molar-refractivity contribution >= 4 is 54.3 Å². The predicted molar refractivity (Wildman–Crippen MR) is 204 cm³/mol. The molecule has 0 amide bonds. The molecule has 8 aromatic carbocycles. The summed E-state index contributed by atoms with van der Waals surface area (Å²) in [5, 5.41) is 9.43. The molecule has 0 saturated heterocycles. The van der Waals surface area contributed by atoms with Crippen molar-refractivity contribution in [3.8, 4) is 45.0 Å². The topological polar surface area (TPSA) is 38.9 Å². The van der Waals surface area contributed by atoms with Crippen LogP contribution in [0.5, 0.6) is 0 Å². The Morgan fingerprint density at radius 2 is 0.918 bits per heavy atom. The summed E-state index contributed by atoms with van der Waals surface area (Å²) in [5.74, 6) is 0.705. The number of benzene rings is 8. The van der Waals surface area contributed by atoms with Gasteiger partial charge in [-0.1, -0.05) is 140 Å². The summed E-state index contributed by atoms with van der Waals surface area (Å²) in [7, 11) is 0. The summed E-state index contributed by atoms with van der Waals surface area (Å²) in [5.41, 5.74) is 8.94. The van der Waals surface area contributed by atoms with E-state index in [9.17, 15) is 0 Å². The van der Waals surface area contributed by atoms with Crippen LogP contribution in [0.15, 0.2) is 174 Å². The standard InChI is InChI=1S/C46H28N2O/c1-3-12-30(13-4-1)40-28-41(31-14-5-2-6-15-31)48-46(47-40)36-22-20-32-25-35(21-19-33(32)26-36)39-27-34-16-8-10-18-38(34)44-43-37-17-9-7-11-29(37)23-24-42(43)49-45(39)44/h1-28H. The molecular weight excluding hydrogens is 597 g/mol. The smallest absolute Gasteiger partial charge is 0.160 e. The van der Waals surface area contributed by atoms with E-state index in [-0.39, 0.29) is 0 Å². The van der Waals surface area contributed by atoms with E-state index in [2.05, 4.69) is 133 Å². The Morgan fingerprint density at radius 1 is 0.367 bits per heavy atom. The van der Waals surface area contributed by atoms with Gasteiger partial charge < -0.3 is 4.42 Å². The van der Waals surface area contributed by atoms with Gasteiger partial charge in [0.1, 0.15) is 11.2 Å².